The van der Waals surface area contributed by atoms with Crippen molar-refractivity contribution in [3.63, 3.8) is 0 Å². The van der Waals surface area contributed by atoms with Gasteiger partial charge in [0.25, 0.3) is 5.91 Å². The molecule has 25 heavy (non-hydrogen) atoms. The standard InChI is InChI=1S/C16H19N3O4S2/c1-9-6-12(25(17,22)23)7-13(11(9)3)19-15(20)8-18-16(21)14-5-4-10(2)24-14/h4-7H,8H2,1-3H3,(H,18,21)(H,19,20)(H2,17,22,23). The third-order valence-corrected chi connectivity index (χ3v) is 5.51. The predicted molar refractivity (Wildman–Crippen MR) is 97.3 cm³/mol. The molecular weight excluding hydrogens is 362 g/mol. The third kappa shape index (κ3) is 4.88. The van der Waals surface area contributed by atoms with Gasteiger partial charge in [-0.3, -0.25) is 9.59 Å². The van der Waals surface area contributed by atoms with E-state index in [-0.39, 0.29) is 17.3 Å². The second kappa shape index (κ2) is 7.34. The van der Waals surface area contributed by atoms with Gasteiger partial charge in [0.2, 0.25) is 15.9 Å². The molecule has 0 radical (unpaired) electrons. The number of sulfonamides is 1. The number of nitrogens with one attached hydrogen (secondary N) is 2. The fourth-order valence-corrected chi connectivity index (χ4v) is 3.53. The van der Waals surface area contributed by atoms with Crippen LogP contribution in [0.2, 0.25) is 0 Å². The number of carbonyl (C=O) groups is 2. The molecule has 0 bridgehead atoms. The minimum absolute atomic E-state index is 0.0796. The number of primary sulfonamides is 1. The van der Waals surface area contributed by atoms with E-state index in [9.17, 15) is 18.0 Å². The average Bonchev–Trinajstić information content (AvgIpc) is 2.95. The Hall–Kier alpha value is -2.23. The summed E-state index contributed by atoms with van der Waals surface area (Å²) in [7, 11) is -3.88. The van der Waals surface area contributed by atoms with Gasteiger partial charge in [-0.05, 0) is 56.2 Å². The van der Waals surface area contributed by atoms with Gasteiger partial charge >= 0.3 is 0 Å². The first-order chi connectivity index (χ1) is 11.6. The number of rotatable bonds is 5. The summed E-state index contributed by atoms with van der Waals surface area (Å²) in [4.78, 5) is 25.5. The Morgan fingerprint density at radius 3 is 2.40 bits per heavy atom. The van der Waals surface area contributed by atoms with Crippen LogP contribution in [0, 0.1) is 20.8 Å². The van der Waals surface area contributed by atoms with E-state index in [1.807, 2.05) is 13.0 Å². The van der Waals surface area contributed by atoms with Crippen molar-refractivity contribution in [2.45, 2.75) is 25.7 Å². The van der Waals surface area contributed by atoms with E-state index in [0.29, 0.717) is 16.1 Å². The molecular formula is C16H19N3O4S2. The average molecular weight is 381 g/mol. The summed E-state index contributed by atoms with van der Waals surface area (Å²) in [5, 5.41) is 10.3. The number of aryl methyl sites for hydroxylation is 2. The molecule has 0 aliphatic heterocycles. The highest BCUT2D eigenvalue weighted by Gasteiger charge is 2.15. The summed E-state index contributed by atoms with van der Waals surface area (Å²) >= 11 is 1.34. The minimum atomic E-state index is -3.88. The summed E-state index contributed by atoms with van der Waals surface area (Å²) in [6.07, 6.45) is 0. The largest absolute Gasteiger partial charge is 0.342 e. The van der Waals surface area contributed by atoms with Crippen LogP contribution in [0.25, 0.3) is 0 Å². The van der Waals surface area contributed by atoms with Crippen LogP contribution in [0.15, 0.2) is 29.2 Å². The number of thiophene rings is 1. The second-order valence-electron chi connectivity index (χ2n) is 5.60. The minimum Gasteiger partial charge on any atom is -0.342 e. The second-order valence-corrected chi connectivity index (χ2v) is 8.45. The third-order valence-electron chi connectivity index (χ3n) is 3.62. The highest BCUT2D eigenvalue weighted by atomic mass is 32.2. The van der Waals surface area contributed by atoms with Crippen LogP contribution in [0.1, 0.15) is 25.7 Å². The highest BCUT2D eigenvalue weighted by Crippen LogP contribution is 2.23. The fourth-order valence-electron chi connectivity index (χ4n) is 2.12. The number of amides is 2. The quantitative estimate of drug-likeness (QED) is 0.730. The van der Waals surface area contributed by atoms with Gasteiger partial charge in [0.15, 0.2) is 0 Å². The fraction of sp³-hybridized carbons (Fsp3) is 0.250. The highest BCUT2D eigenvalue weighted by molar-refractivity contribution is 7.89. The van der Waals surface area contributed by atoms with Crippen LogP contribution in [0.4, 0.5) is 5.69 Å². The zero-order chi connectivity index (χ0) is 18.8. The van der Waals surface area contributed by atoms with E-state index >= 15 is 0 Å². The maximum atomic E-state index is 12.1. The molecule has 1 aromatic carbocycles. The van der Waals surface area contributed by atoms with E-state index in [1.165, 1.54) is 23.5 Å². The molecule has 7 nitrogen and oxygen atoms in total. The van der Waals surface area contributed by atoms with Gasteiger partial charge in [0, 0.05) is 10.6 Å². The van der Waals surface area contributed by atoms with Gasteiger partial charge in [-0.1, -0.05) is 0 Å². The number of anilines is 1. The SMILES string of the molecule is Cc1ccc(C(=O)NCC(=O)Nc2cc(S(N)(=O)=O)cc(C)c2C)s1. The Bertz CT molecular complexity index is 933. The molecule has 1 heterocycles. The molecule has 0 fully saturated rings. The Balaban J connectivity index is 2.07. The normalized spacial score (nSPS) is 11.2. The lowest BCUT2D eigenvalue weighted by molar-refractivity contribution is -0.115. The Morgan fingerprint density at radius 2 is 1.84 bits per heavy atom. The van der Waals surface area contributed by atoms with Gasteiger partial charge in [-0.25, -0.2) is 13.6 Å². The zero-order valence-corrected chi connectivity index (χ0v) is 15.7. The maximum absolute atomic E-state index is 12.1. The van der Waals surface area contributed by atoms with Crippen molar-refractivity contribution in [2.75, 3.05) is 11.9 Å². The molecule has 0 atom stereocenters. The van der Waals surface area contributed by atoms with Crippen LogP contribution in [-0.2, 0) is 14.8 Å². The van der Waals surface area contributed by atoms with E-state index < -0.39 is 15.9 Å². The van der Waals surface area contributed by atoms with E-state index in [2.05, 4.69) is 10.6 Å². The van der Waals surface area contributed by atoms with Gasteiger partial charge in [-0.15, -0.1) is 11.3 Å². The van der Waals surface area contributed by atoms with Crippen LogP contribution in [-0.4, -0.2) is 26.8 Å². The van der Waals surface area contributed by atoms with Crippen LogP contribution < -0.4 is 15.8 Å². The van der Waals surface area contributed by atoms with Crippen molar-refractivity contribution < 1.29 is 18.0 Å². The van der Waals surface area contributed by atoms with Gasteiger partial charge in [-0.2, -0.15) is 0 Å². The predicted octanol–water partition coefficient (Wildman–Crippen LogP) is 1.69. The molecule has 2 rings (SSSR count). The lowest BCUT2D eigenvalue weighted by Crippen LogP contribution is -2.32. The first-order valence-electron chi connectivity index (χ1n) is 7.36. The van der Waals surface area contributed by atoms with Crippen molar-refractivity contribution in [2.24, 2.45) is 5.14 Å². The molecule has 2 aromatic rings. The number of carbonyl (C=O) groups excluding carboxylic acids is 2. The number of benzene rings is 1. The van der Waals surface area contributed by atoms with E-state index in [1.54, 1.807) is 19.9 Å². The first kappa shape index (κ1) is 19.1. The Kier molecular flexibility index (Phi) is 5.61. The number of hydrogen-bond donors (Lipinski definition) is 3. The summed E-state index contributed by atoms with van der Waals surface area (Å²) in [6, 6.07) is 6.27. The molecule has 0 saturated heterocycles. The Morgan fingerprint density at radius 1 is 1.16 bits per heavy atom. The lowest BCUT2D eigenvalue weighted by Gasteiger charge is -2.13. The monoisotopic (exact) mass is 381 g/mol. The smallest absolute Gasteiger partial charge is 0.261 e. The number of hydrogen-bond acceptors (Lipinski definition) is 5. The Labute approximate surface area is 150 Å². The molecule has 1 aromatic heterocycles. The summed E-state index contributed by atoms with van der Waals surface area (Å²) in [5.74, 6) is -0.796. The van der Waals surface area contributed by atoms with Gasteiger partial charge < -0.3 is 10.6 Å². The number of nitrogens with two attached hydrogens (primary N) is 1. The van der Waals surface area contributed by atoms with E-state index in [0.717, 1.165) is 10.4 Å². The molecule has 0 saturated carbocycles. The summed E-state index contributed by atoms with van der Waals surface area (Å²) < 4.78 is 23.0. The molecule has 9 heteroatoms. The maximum Gasteiger partial charge on any atom is 0.261 e. The van der Waals surface area contributed by atoms with Gasteiger partial charge in [0.05, 0.1) is 16.3 Å². The molecule has 2 amide bonds. The van der Waals surface area contributed by atoms with Crippen LogP contribution in [0.5, 0.6) is 0 Å². The topological polar surface area (TPSA) is 118 Å². The van der Waals surface area contributed by atoms with Gasteiger partial charge in [0.1, 0.15) is 0 Å². The first-order valence-corrected chi connectivity index (χ1v) is 9.72. The zero-order valence-electron chi connectivity index (χ0n) is 14.0. The van der Waals surface area contributed by atoms with Crippen molar-refractivity contribution in [3.05, 3.63) is 45.1 Å². The molecule has 0 spiro atoms. The molecule has 0 aliphatic carbocycles. The van der Waals surface area contributed by atoms with Crippen LogP contribution >= 0.6 is 11.3 Å². The molecule has 0 aliphatic rings. The summed E-state index contributed by atoms with van der Waals surface area (Å²) in [6.45, 7) is 5.14. The van der Waals surface area contributed by atoms with Crippen molar-refractivity contribution >= 4 is 38.9 Å². The van der Waals surface area contributed by atoms with E-state index in [4.69, 9.17) is 5.14 Å². The van der Waals surface area contributed by atoms with Crippen LogP contribution in [0.3, 0.4) is 0 Å². The lowest BCUT2D eigenvalue weighted by atomic mass is 10.1. The van der Waals surface area contributed by atoms with Crippen molar-refractivity contribution in [3.8, 4) is 0 Å². The molecule has 134 valence electrons. The summed E-state index contributed by atoms with van der Waals surface area (Å²) in [5.41, 5.74) is 1.75. The molecule has 0 unspecified atom stereocenters. The van der Waals surface area contributed by atoms with Crippen molar-refractivity contribution in [1.82, 2.24) is 5.32 Å². The molecule has 4 N–H and O–H groups in total. The van der Waals surface area contributed by atoms with Crippen molar-refractivity contribution in [1.29, 1.82) is 0 Å².